The molecule has 0 radical (unpaired) electrons. The fraction of sp³-hybridized carbons (Fsp3) is 0.333. The molecule has 0 aliphatic carbocycles. The second kappa shape index (κ2) is 8.58. The van der Waals surface area contributed by atoms with E-state index in [0.717, 1.165) is 5.75 Å². The molecule has 1 fully saturated rings. The maximum absolute atomic E-state index is 12.7. The number of benzene rings is 2. The molecule has 27 heavy (non-hydrogen) atoms. The molecule has 6 heteroatoms. The number of piperazine rings is 1. The molecule has 0 unspecified atom stereocenters. The third-order valence-corrected chi connectivity index (χ3v) is 4.58. The van der Waals surface area contributed by atoms with Gasteiger partial charge in [-0.15, -0.1) is 0 Å². The van der Waals surface area contributed by atoms with Crippen molar-refractivity contribution in [3.63, 3.8) is 0 Å². The van der Waals surface area contributed by atoms with Crippen molar-refractivity contribution < 1.29 is 19.1 Å². The van der Waals surface area contributed by atoms with E-state index in [2.05, 4.69) is 0 Å². The number of methoxy groups -OCH3 is 1. The highest BCUT2D eigenvalue weighted by Gasteiger charge is 2.25. The van der Waals surface area contributed by atoms with E-state index in [1.165, 1.54) is 0 Å². The molecular weight excluding hydrogens is 344 g/mol. The topological polar surface area (TPSA) is 59.1 Å². The van der Waals surface area contributed by atoms with E-state index in [1.807, 2.05) is 19.1 Å². The normalized spacial score (nSPS) is 14.0. The van der Waals surface area contributed by atoms with Crippen LogP contribution in [0.5, 0.6) is 11.5 Å². The molecule has 2 aromatic carbocycles. The number of nitrogens with zero attached hydrogens (tertiary/aromatic N) is 2. The minimum atomic E-state index is -0.0342. The van der Waals surface area contributed by atoms with Crippen molar-refractivity contribution >= 4 is 11.8 Å². The van der Waals surface area contributed by atoms with E-state index in [9.17, 15) is 9.59 Å². The highest BCUT2D eigenvalue weighted by Crippen LogP contribution is 2.18. The van der Waals surface area contributed by atoms with Gasteiger partial charge in [-0.2, -0.15) is 0 Å². The van der Waals surface area contributed by atoms with Gasteiger partial charge in [0.05, 0.1) is 13.7 Å². The lowest BCUT2D eigenvalue weighted by atomic mass is 10.1. The second-order valence-electron chi connectivity index (χ2n) is 6.27. The largest absolute Gasteiger partial charge is 0.497 e. The Morgan fingerprint density at radius 2 is 1.44 bits per heavy atom. The summed E-state index contributed by atoms with van der Waals surface area (Å²) in [5, 5.41) is 0. The number of amides is 2. The van der Waals surface area contributed by atoms with Crippen molar-refractivity contribution in [2.24, 2.45) is 0 Å². The smallest absolute Gasteiger partial charge is 0.254 e. The molecule has 3 rings (SSSR count). The first-order valence-electron chi connectivity index (χ1n) is 9.08. The fourth-order valence-electron chi connectivity index (χ4n) is 3.10. The molecule has 0 N–H and O–H groups in total. The predicted octanol–water partition coefficient (Wildman–Crippen LogP) is 2.69. The van der Waals surface area contributed by atoms with Crippen LogP contribution in [0, 0.1) is 0 Å². The van der Waals surface area contributed by atoms with Gasteiger partial charge in [-0.05, 0) is 49.4 Å². The van der Waals surface area contributed by atoms with Gasteiger partial charge in [0, 0.05) is 37.3 Å². The summed E-state index contributed by atoms with van der Waals surface area (Å²) in [6.45, 7) is 4.53. The van der Waals surface area contributed by atoms with Crippen LogP contribution in [-0.4, -0.2) is 61.5 Å². The summed E-state index contributed by atoms with van der Waals surface area (Å²) < 4.78 is 10.6. The van der Waals surface area contributed by atoms with Gasteiger partial charge in [0.15, 0.2) is 0 Å². The van der Waals surface area contributed by atoms with Crippen LogP contribution in [0.2, 0.25) is 0 Å². The van der Waals surface area contributed by atoms with Crippen LogP contribution < -0.4 is 9.47 Å². The molecule has 1 saturated heterocycles. The van der Waals surface area contributed by atoms with Gasteiger partial charge in [-0.1, -0.05) is 6.07 Å². The SMILES string of the molecule is CCOc1cccc(C(=O)N2CCN(C(=O)c3ccc(OC)cc3)CC2)c1. The Kier molecular flexibility index (Phi) is 5.96. The van der Waals surface area contributed by atoms with Crippen LogP contribution in [-0.2, 0) is 0 Å². The molecule has 1 aliphatic rings. The van der Waals surface area contributed by atoms with Crippen LogP contribution in [0.25, 0.3) is 0 Å². The van der Waals surface area contributed by atoms with Gasteiger partial charge in [0.1, 0.15) is 11.5 Å². The van der Waals surface area contributed by atoms with Crippen molar-refractivity contribution in [3.8, 4) is 11.5 Å². The molecule has 2 amide bonds. The van der Waals surface area contributed by atoms with E-state index in [-0.39, 0.29) is 11.8 Å². The standard InChI is InChI=1S/C21H24N2O4/c1-3-27-19-6-4-5-17(15-19)21(25)23-13-11-22(12-14-23)20(24)16-7-9-18(26-2)10-8-16/h4-10,15H,3,11-14H2,1-2H3. The van der Waals surface area contributed by atoms with Crippen molar-refractivity contribution in [2.75, 3.05) is 39.9 Å². The molecular formula is C21H24N2O4. The Balaban J connectivity index is 1.60. The zero-order valence-electron chi connectivity index (χ0n) is 15.7. The molecule has 0 bridgehead atoms. The average molecular weight is 368 g/mol. The number of rotatable bonds is 5. The first kappa shape index (κ1) is 18.8. The highest BCUT2D eigenvalue weighted by atomic mass is 16.5. The van der Waals surface area contributed by atoms with Crippen LogP contribution in [0.3, 0.4) is 0 Å². The average Bonchev–Trinajstić information content (AvgIpc) is 2.73. The van der Waals surface area contributed by atoms with Crippen molar-refractivity contribution in [3.05, 3.63) is 59.7 Å². The summed E-state index contributed by atoms with van der Waals surface area (Å²) in [7, 11) is 1.59. The van der Waals surface area contributed by atoms with Gasteiger partial charge >= 0.3 is 0 Å². The van der Waals surface area contributed by atoms with Gasteiger partial charge in [-0.3, -0.25) is 9.59 Å². The molecule has 142 valence electrons. The third-order valence-electron chi connectivity index (χ3n) is 4.58. The monoisotopic (exact) mass is 368 g/mol. The zero-order chi connectivity index (χ0) is 19.2. The quantitative estimate of drug-likeness (QED) is 0.814. The van der Waals surface area contributed by atoms with Crippen molar-refractivity contribution in [1.29, 1.82) is 0 Å². The molecule has 0 atom stereocenters. The molecule has 1 aliphatic heterocycles. The van der Waals surface area contributed by atoms with Gasteiger partial charge in [0.25, 0.3) is 11.8 Å². The minimum absolute atomic E-state index is 0.0249. The lowest BCUT2D eigenvalue weighted by Crippen LogP contribution is -2.50. The maximum Gasteiger partial charge on any atom is 0.254 e. The molecule has 0 saturated carbocycles. The second-order valence-corrected chi connectivity index (χ2v) is 6.27. The van der Waals surface area contributed by atoms with Gasteiger partial charge < -0.3 is 19.3 Å². The van der Waals surface area contributed by atoms with Crippen LogP contribution in [0.15, 0.2) is 48.5 Å². The number of carbonyl (C=O) groups is 2. The summed E-state index contributed by atoms with van der Waals surface area (Å²) in [5.74, 6) is 1.35. The predicted molar refractivity (Wildman–Crippen MR) is 102 cm³/mol. The zero-order valence-corrected chi connectivity index (χ0v) is 15.7. The van der Waals surface area contributed by atoms with Crippen LogP contribution in [0.1, 0.15) is 27.6 Å². The Morgan fingerprint density at radius 3 is 2.00 bits per heavy atom. The van der Waals surface area contributed by atoms with E-state index < -0.39 is 0 Å². The Labute approximate surface area is 159 Å². The van der Waals surface area contributed by atoms with E-state index in [4.69, 9.17) is 9.47 Å². The van der Waals surface area contributed by atoms with Gasteiger partial charge in [0.2, 0.25) is 0 Å². The Bertz CT molecular complexity index is 796. The molecule has 2 aromatic rings. The number of hydrogen-bond acceptors (Lipinski definition) is 4. The first-order chi connectivity index (χ1) is 13.1. The summed E-state index contributed by atoms with van der Waals surface area (Å²) in [6, 6.07) is 14.3. The molecule has 0 spiro atoms. The van der Waals surface area contributed by atoms with Crippen molar-refractivity contribution in [1.82, 2.24) is 9.80 Å². The van der Waals surface area contributed by atoms with Crippen LogP contribution in [0.4, 0.5) is 0 Å². The Hall–Kier alpha value is -3.02. The molecule has 6 nitrogen and oxygen atoms in total. The third kappa shape index (κ3) is 4.39. The number of ether oxygens (including phenoxy) is 2. The van der Waals surface area contributed by atoms with E-state index >= 15 is 0 Å². The minimum Gasteiger partial charge on any atom is -0.497 e. The van der Waals surface area contributed by atoms with Gasteiger partial charge in [-0.25, -0.2) is 0 Å². The van der Waals surface area contributed by atoms with Crippen molar-refractivity contribution in [2.45, 2.75) is 6.92 Å². The first-order valence-corrected chi connectivity index (χ1v) is 9.08. The lowest BCUT2D eigenvalue weighted by molar-refractivity contribution is 0.0535. The number of hydrogen-bond donors (Lipinski definition) is 0. The highest BCUT2D eigenvalue weighted by molar-refractivity contribution is 5.96. The lowest BCUT2D eigenvalue weighted by Gasteiger charge is -2.35. The maximum atomic E-state index is 12.7. The van der Waals surface area contributed by atoms with Crippen LogP contribution >= 0.6 is 0 Å². The summed E-state index contributed by atoms with van der Waals surface area (Å²) >= 11 is 0. The fourth-order valence-corrected chi connectivity index (χ4v) is 3.10. The molecule has 0 aromatic heterocycles. The molecule has 1 heterocycles. The van der Waals surface area contributed by atoms with E-state index in [1.54, 1.807) is 53.3 Å². The van der Waals surface area contributed by atoms with E-state index in [0.29, 0.717) is 49.7 Å². The summed E-state index contributed by atoms with van der Waals surface area (Å²) in [5.41, 5.74) is 1.23. The Morgan fingerprint density at radius 1 is 0.852 bits per heavy atom. The summed E-state index contributed by atoms with van der Waals surface area (Å²) in [6.07, 6.45) is 0. The summed E-state index contributed by atoms with van der Waals surface area (Å²) in [4.78, 5) is 28.9. The number of carbonyl (C=O) groups excluding carboxylic acids is 2.